The van der Waals surface area contributed by atoms with Crippen molar-refractivity contribution in [3.63, 3.8) is 0 Å². The second-order valence-electron chi connectivity index (χ2n) is 9.94. The zero-order valence-electron chi connectivity index (χ0n) is 21.7. The predicted molar refractivity (Wildman–Crippen MR) is 152 cm³/mol. The molecule has 1 aliphatic heterocycles. The van der Waals surface area contributed by atoms with Crippen LogP contribution in [0.25, 0.3) is 33.3 Å². The van der Waals surface area contributed by atoms with E-state index < -0.39 is 6.23 Å². The molecule has 2 aromatic carbocycles. The summed E-state index contributed by atoms with van der Waals surface area (Å²) in [5, 5.41) is 14.1. The SMILES string of the molecule is C=CC(=O)Nc1cccc(-c2ccc(C(N)O)c3[nH]c(-c4ccc(CC5CCCOCC5)nc4)cc23)c1C. The standard InChI is InChI=1S/C31H34N4O3/c1-3-29(36)34-27-8-4-7-23(19(27)2)24-11-12-25(31(32)37)30-26(24)17-28(35-30)21-9-10-22(33-18-21)16-20-6-5-14-38-15-13-20/h3-4,7-12,17-18,20,31,35,37H,1,5-6,13-16,32H2,2H3,(H,34,36). The molecule has 2 atom stereocenters. The molecule has 0 bridgehead atoms. The number of nitrogens with one attached hydrogen (secondary N) is 2. The van der Waals surface area contributed by atoms with Crippen molar-refractivity contribution in [2.24, 2.45) is 11.7 Å². The first kappa shape index (κ1) is 25.9. The average molecular weight is 511 g/mol. The largest absolute Gasteiger partial charge is 0.381 e. The number of aromatic amines is 1. The second-order valence-corrected chi connectivity index (χ2v) is 9.94. The third kappa shape index (κ3) is 5.41. The zero-order chi connectivity index (χ0) is 26.6. The van der Waals surface area contributed by atoms with E-state index in [1.807, 2.05) is 43.5 Å². The lowest BCUT2D eigenvalue weighted by molar-refractivity contribution is -0.111. The topological polar surface area (TPSA) is 113 Å². The Morgan fingerprint density at radius 1 is 1.24 bits per heavy atom. The van der Waals surface area contributed by atoms with Crippen molar-refractivity contribution in [3.8, 4) is 22.4 Å². The highest BCUT2D eigenvalue weighted by Gasteiger charge is 2.18. The number of rotatable bonds is 7. The van der Waals surface area contributed by atoms with Crippen LogP contribution in [0.1, 0.15) is 42.3 Å². The smallest absolute Gasteiger partial charge is 0.247 e. The van der Waals surface area contributed by atoms with Crippen molar-refractivity contribution in [1.29, 1.82) is 0 Å². The van der Waals surface area contributed by atoms with E-state index in [4.69, 9.17) is 15.5 Å². The normalized spacial score (nSPS) is 16.7. The van der Waals surface area contributed by atoms with E-state index in [-0.39, 0.29) is 5.91 Å². The molecule has 3 heterocycles. The Kier molecular flexibility index (Phi) is 7.69. The molecule has 0 aliphatic carbocycles. The van der Waals surface area contributed by atoms with Gasteiger partial charge in [0.25, 0.3) is 0 Å². The van der Waals surface area contributed by atoms with Gasteiger partial charge in [-0.2, -0.15) is 0 Å². The maximum atomic E-state index is 11.9. The number of anilines is 1. The minimum Gasteiger partial charge on any atom is -0.381 e. The number of hydrogen-bond donors (Lipinski definition) is 4. The van der Waals surface area contributed by atoms with Crippen LogP contribution < -0.4 is 11.1 Å². The number of nitrogens with zero attached hydrogens (tertiary/aromatic N) is 1. The molecule has 5 rings (SSSR count). The van der Waals surface area contributed by atoms with E-state index in [0.29, 0.717) is 11.5 Å². The van der Waals surface area contributed by atoms with Gasteiger partial charge in [0.05, 0.1) is 5.52 Å². The summed E-state index contributed by atoms with van der Waals surface area (Å²) in [5.74, 6) is 0.347. The molecule has 1 amide bonds. The number of benzene rings is 2. The Labute approximate surface area is 222 Å². The van der Waals surface area contributed by atoms with E-state index >= 15 is 0 Å². The number of aliphatic hydroxyl groups excluding tert-OH is 1. The van der Waals surface area contributed by atoms with Crippen LogP contribution in [0.5, 0.6) is 0 Å². The third-order valence-electron chi connectivity index (χ3n) is 7.42. The molecule has 4 aromatic rings. The highest BCUT2D eigenvalue weighted by molar-refractivity contribution is 6.03. The monoisotopic (exact) mass is 510 g/mol. The van der Waals surface area contributed by atoms with Gasteiger partial charge in [-0.25, -0.2) is 0 Å². The van der Waals surface area contributed by atoms with Gasteiger partial charge >= 0.3 is 0 Å². The summed E-state index contributed by atoms with van der Waals surface area (Å²) in [7, 11) is 0. The molecule has 5 N–H and O–H groups in total. The Morgan fingerprint density at radius 2 is 2.11 bits per heavy atom. The highest BCUT2D eigenvalue weighted by atomic mass is 16.5. The number of H-pyrrole nitrogens is 1. The van der Waals surface area contributed by atoms with Crippen molar-refractivity contribution in [2.75, 3.05) is 18.5 Å². The Bertz CT molecular complexity index is 1450. The van der Waals surface area contributed by atoms with Gasteiger partial charge in [0.2, 0.25) is 5.91 Å². The van der Waals surface area contributed by atoms with Crippen LogP contribution in [0.3, 0.4) is 0 Å². The number of hydrogen-bond acceptors (Lipinski definition) is 5. The van der Waals surface area contributed by atoms with Crippen molar-refractivity contribution in [1.82, 2.24) is 9.97 Å². The van der Waals surface area contributed by atoms with Crippen molar-refractivity contribution in [2.45, 2.75) is 38.8 Å². The minimum atomic E-state index is -1.12. The van der Waals surface area contributed by atoms with Crippen molar-refractivity contribution >= 4 is 22.5 Å². The zero-order valence-corrected chi connectivity index (χ0v) is 21.7. The Hall–Kier alpha value is -3.78. The minimum absolute atomic E-state index is 0.260. The number of aromatic nitrogens is 2. The number of carbonyl (C=O) groups excluding carboxylic acids is 1. The fourth-order valence-electron chi connectivity index (χ4n) is 5.30. The van der Waals surface area contributed by atoms with Crippen LogP contribution in [0.15, 0.2) is 67.4 Å². The molecule has 7 heteroatoms. The maximum absolute atomic E-state index is 11.9. The summed E-state index contributed by atoms with van der Waals surface area (Å²) in [6.07, 6.45) is 6.36. The van der Waals surface area contributed by atoms with Crippen LogP contribution in [0.4, 0.5) is 5.69 Å². The lowest BCUT2D eigenvalue weighted by atomic mass is 9.94. The van der Waals surface area contributed by atoms with Gasteiger partial charge in [-0.1, -0.05) is 30.8 Å². The van der Waals surface area contributed by atoms with Gasteiger partial charge in [-0.15, -0.1) is 0 Å². The summed E-state index contributed by atoms with van der Waals surface area (Å²) in [5.41, 5.74) is 13.8. The molecule has 38 heavy (non-hydrogen) atoms. The summed E-state index contributed by atoms with van der Waals surface area (Å²) < 4.78 is 5.60. The van der Waals surface area contributed by atoms with Crippen molar-refractivity contribution < 1.29 is 14.6 Å². The molecule has 1 saturated heterocycles. The number of pyridine rings is 1. The maximum Gasteiger partial charge on any atom is 0.247 e. The first-order valence-electron chi connectivity index (χ1n) is 13.1. The van der Waals surface area contributed by atoms with Gasteiger partial charge in [-0.05, 0) is 85.6 Å². The number of aliphatic hydroxyl groups is 1. The first-order valence-corrected chi connectivity index (χ1v) is 13.1. The molecule has 196 valence electrons. The van der Waals surface area contributed by atoms with Crippen molar-refractivity contribution in [3.05, 3.63) is 84.2 Å². The fraction of sp³-hybridized carbons (Fsp3) is 0.290. The molecule has 1 aliphatic rings. The number of amides is 1. The molecule has 2 unspecified atom stereocenters. The summed E-state index contributed by atoms with van der Waals surface area (Å²) in [6.45, 7) is 7.21. The Balaban J connectivity index is 1.51. The van der Waals surface area contributed by atoms with E-state index in [1.165, 1.54) is 12.5 Å². The lowest BCUT2D eigenvalue weighted by Gasteiger charge is -2.14. The molecular weight excluding hydrogens is 476 g/mol. The van der Waals surface area contributed by atoms with E-state index in [2.05, 4.69) is 35.1 Å². The van der Waals surface area contributed by atoms with E-state index in [9.17, 15) is 9.90 Å². The molecule has 0 radical (unpaired) electrons. The number of nitrogens with two attached hydrogens (primary N) is 1. The summed E-state index contributed by atoms with van der Waals surface area (Å²) >= 11 is 0. The number of carbonyl (C=O) groups is 1. The number of fused-ring (bicyclic) bond motifs is 1. The highest BCUT2D eigenvalue weighted by Crippen LogP contribution is 2.38. The van der Waals surface area contributed by atoms with E-state index in [1.54, 1.807) is 0 Å². The van der Waals surface area contributed by atoms with Gasteiger partial charge < -0.3 is 25.9 Å². The fourth-order valence-corrected chi connectivity index (χ4v) is 5.30. The van der Waals surface area contributed by atoms with Crippen LogP contribution >= 0.6 is 0 Å². The van der Waals surface area contributed by atoms with Gasteiger partial charge in [0.1, 0.15) is 6.23 Å². The molecule has 2 aromatic heterocycles. The quantitative estimate of drug-likeness (QED) is 0.190. The second kappa shape index (κ2) is 11.3. The van der Waals surface area contributed by atoms with Crippen LogP contribution in [-0.2, 0) is 16.0 Å². The summed E-state index contributed by atoms with van der Waals surface area (Å²) in [6, 6.07) is 15.9. The van der Waals surface area contributed by atoms with Gasteiger partial charge in [0, 0.05) is 53.0 Å². The molecule has 0 spiro atoms. The molecule has 0 saturated carbocycles. The van der Waals surface area contributed by atoms with E-state index in [0.717, 1.165) is 82.7 Å². The lowest BCUT2D eigenvalue weighted by Crippen LogP contribution is -2.09. The van der Waals surface area contributed by atoms with Gasteiger partial charge in [0.15, 0.2) is 0 Å². The van der Waals surface area contributed by atoms with Crippen LogP contribution in [0.2, 0.25) is 0 Å². The van der Waals surface area contributed by atoms with Crippen LogP contribution in [0, 0.1) is 12.8 Å². The van der Waals surface area contributed by atoms with Crippen LogP contribution in [-0.4, -0.2) is 34.2 Å². The van der Waals surface area contributed by atoms with Gasteiger partial charge in [-0.3, -0.25) is 9.78 Å². The first-order chi connectivity index (χ1) is 18.4. The number of ether oxygens (including phenoxy) is 1. The predicted octanol–water partition coefficient (Wildman–Crippen LogP) is 5.64. The molecular formula is C31H34N4O3. The average Bonchev–Trinajstić information content (AvgIpc) is 3.21. The molecule has 7 nitrogen and oxygen atoms in total. The third-order valence-corrected chi connectivity index (χ3v) is 7.42. The summed E-state index contributed by atoms with van der Waals surface area (Å²) in [4.78, 5) is 20.2. The Morgan fingerprint density at radius 3 is 2.87 bits per heavy atom. The molecule has 1 fully saturated rings.